The maximum Gasteiger partial charge on any atom is 0.193 e. The molecule has 1 saturated heterocycles. The van der Waals surface area contributed by atoms with E-state index in [1.165, 1.54) is 0 Å². The maximum atomic E-state index is 13.1. The van der Waals surface area contributed by atoms with Crippen molar-refractivity contribution in [3.63, 3.8) is 0 Å². The molecular weight excluding hydrogens is 278 g/mol. The molecule has 0 aliphatic carbocycles. The van der Waals surface area contributed by atoms with E-state index in [0.29, 0.717) is 18.8 Å². The summed E-state index contributed by atoms with van der Waals surface area (Å²) in [6.07, 6.45) is -0.416. The highest BCUT2D eigenvalue weighted by Gasteiger charge is 2.19. The van der Waals surface area contributed by atoms with Crippen molar-refractivity contribution in [2.75, 3.05) is 13.2 Å². The lowest BCUT2D eigenvalue weighted by molar-refractivity contribution is -0.0441. The molecule has 0 bridgehead atoms. The molecule has 0 radical (unpaired) electrons. The lowest BCUT2D eigenvalue weighted by Gasteiger charge is -2.09. The van der Waals surface area contributed by atoms with Crippen LogP contribution in [0.25, 0.3) is 0 Å². The molecular formula is C16H12F2O3. The minimum Gasteiger partial charge on any atom is -0.346 e. The number of halogens is 2. The first-order chi connectivity index (χ1) is 10.1. The van der Waals surface area contributed by atoms with E-state index in [2.05, 4.69) is 0 Å². The lowest BCUT2D eigenvalue weighted by atomic mass is 10.0. The molecule has 108 valence electrons. The molecule has 2 aromatic rings. The summed E-state index contributed by atoms with van der Waals surface area (Å²) in [5.74, 6) is -1.99. The number of carbonyl (C=O) groups excluding carboxylic acids is 1. The third kappa shape index (κ3) is 2.99. The van der Waals surface area contributed by atoms with Gasteiger partial charge in [0.05, 0.1) is 13.2 Å². The Balaban J connectivity index is 1.84. The molecule has 1 heterocycles. The molecule has 0 aromatic heterocycles. The number of hydrogen-bond acceptors (Lipinski definition) is 3. The zero-order chi connectivity index (χ0) is 14.8. The van der Waals surface area contributed by atoms with Crippen LogP contribution in [0.5, 0.6) is 0 Å². The van der Waals surface area contributed by atoms with Crippen molar-refractivity contribution < 1.29 is 23.0 Å². The Morgan fingerprint density at radius 1 is 0.905 bits per heavy atom. The number of ether oxygens (including phenoxy) is 2. The molecule has 0 atom stereocenters. The highest BCUT2D eigenvalue weighted by Crippen LogP contribution is 2.24. The van der Waals surface area contributed by atoms with Gasteiger partial charge in [0.1, 0.15) is 11.6 Å². The molecule has 21 heavy (non-hydrogen) atoms. The average Bonchev–Trinajstić information content (AvgIpc) is 3.00. The lowest BCUT2D eigenvalue weighted by Crippen LogP contribution is -2.04. The van der Waals surface area contributed by atoms with Gasteiger partial charge in [0.2, 0.25) is 0 Å². The highest BCUT2D eigenvalue weighted by atomic mass is 19.1. The van der Waals surface area contributed by atoms with Crippen LogP contribution in [0, 0.1) is 11.6 Å². The van der Waals surface area contributed by atoms with E-state index in [9.17, 15) is 13.6 Å². The summed E-state index contributed by atoms with van der Waals surface area (Å²) in [6.45, 7) is 1.07. The predicted molar refractivity (Wildman–Crippen MR) is 70.9 cm³/mol. The molecule has 1 aliphatic rings. The van der Waals surface area contributed by atoms with Crippen molar-refractivity contribution in [2.45, 2.75) is 6.29 Å². The fraction of sp³-hybridized carbons (Fsp3) is 0.188. The zero-order valence-corrected chi connectivity index (χ0v) is 11.0. The monoisotopic (exact) mass is 290 g/mol. The third-order valence-electron chi connectivity index (χ3n) is 3.19. The van der Waals surface area contributed by atoms with Crippen molar-refractivity contribution in [3.8, 4) is 0 Å². The van der Waals surface area contributed by atoms with Gasteiger partial charge in [0.25, 0.3) is 0 Å². The molecule has 0 saturated carbocycles. The summed E-state index contributed by atoms with van der Waals surface area (Å²) < 4.78 is 37.0. The Morgan fingerprint density at radius 2 is 1.48 bits per heavy atom. The first-order valence-electron chi connectivity index (χ1n) is 6.47. The fourth-order valence-electron chi connectivity index (χ4n) is 2.19. The second-order valence-electron chi connectivity index (χ2n) is 4.68. The second-order valence-corrected chi connectivity index (χ2v) is 4.68. The van der Waals surface area contributed by atoms with Gasteiger partial charge in [-0.2, -0.15) is 0 Å². The van der Waals surface area contributed by atoms with Crippen LogP contribution in [-0.2, 0) is 9.47 Å². The molecule has 1 fully saturated rings. The molecule has 2 aromatic carbocycles. The topological polar surface area (TPSA) is 35.5 Å². The third-order valence-corrected chi connectivity index (χ3v) is 3.19. The fourth-order valence-corrected chi connectivity index (χ4v) is 2.19. The Hall–Kier alpha value is -2.11. The Labute approximate surface area is 120 Å². The minimum atomic E-state index is -0.775. The maximum absolute atomic E-state index is 13.1. The minimum absolute atomic E-state index is 0.0198. The highest BCUT2D eigenvalue weighted by molar-refractivity contribution is 6.09. The van der Waals surface area contributed by atoms with Crippen LogP contribution in [-0.4, -0.2) is 19.0 Å². The van der Waals surface area contributed by atoms with Crippen LogP contribution >= 0.6 is 0 Å². The number of hydrogen-bond donors (Lipinski definition) is 0. The summed E-state index contributed by atoms with van der Waals surface area (Å²) in [7, 11) is 0. The van der Waals surface area contributed by atoms with Crippen LogP contribution < -0.4 is 0 Å². The van der Waals surface area contributed by atoms with Gasteiger partial charge in [0.15, 0.2) is 12.1 Å². The first kappa shape index (κ1) is 13.9. The second kappa shape index (κ2) is 5.71. The number of benzene rings is 2. The van der Waals surface area contributed by atoms with Gasteiger partial charge >= 0.3 is 0 Å². The average molecular weight is 290 g/mol. The molecule has 3 rings (SSSR count). The smallest absolute Gasteiger partial charge is 0.193 e. The van der Waals surface area contributed by atoms with Crippen molar-refractivity contribution in [1.82, 2.24) is 0 Å². The molecule has 0 unspecified atom stereocenters. The van der Waals surface area contributed by atoms with E-state index in [1.54, 1.807) is 24.3 Å². The van der Waals surface area contributed by atoms with Gasteiger partial charge in [-0.1, -0.05) is 24.3 Å². The Morgan fingerprint density at radius 3 is 2.05 bits per heavy atom. The van der Waals surface area contributed by atoms with Gasteiger partial charge in [-0.05, 0) is 12.1 Å². The van der Waals surface area contributed by atoms with Crippen LogP contribution in [0.15, 0.2) is 42.5 Å². The summed E-state index contributed by atoms with van der Waals surface area (Å²) in [4.78, 5) is 12.2. The van der Waals surface area contributed by atoms with E-state index >= 15 is 0 Å². The summed E-state index contributed by atoms with van der Waals surface area (Å²) in [5, 5.41) is 0. The predicted octanol–water partition coefficient (Wildman–Crippen LogP) is 3.24. The van der Waals surface area contributed by atoms with Gasteiger partial charge in [-0.25, -0.2) is 8.78 Å². The van der Waals surface area contributed by atoms with Crippen molar-refractivity contribution in [1.29, 1.82) is 0 Å². The molecule has 5 heteroatoms. The van der Waals surface area contributed by atoms with Gasteiger partial charge in [0, 0.05) is 22.8 Å². The molecule has 3 nitrogen and oxygen atoms in total. The summed E-state index contributed by atoms with van der Waals surface area (Å²) in [5.41, 5.74) is 1.13. The Kier molecular flexibility index (Phi) is 3.77. The number of rotatable bonds is 3. The van der Waals surface area contributed by atoms with Crippen LogP contribution in [0.2, 0.25) is 0 Å². The van der Waals surface area contributed by atoms with E-state index < -0.39 is 23.7 Å². The first-order valence-corrected chi connectivity index (χ1v) is 6.47. The van der Waals surface area contributed by atoms with Gasteiger partial charge in [-0.15, -0.1) is 0 Å². The van der Waals surface area contributed by atoms with Crippen LogP contribution in [0.4, 0.5) is 8.78 Å². The molecule has 0 spiro atoms. The largest absolute Gasteiger partial charge is 0.346 e. The SMILES string of the molecule is O=C(c1ccc(C2OCCO2)cc1)c1cc(F)cc(F)c1. The summed E-state index contributed by atoms with van der Waals surface area (Å²) in [6, 6.07) is 9.36. The quantitative estimate of drug-likeness (QED) is 0.814. The zero-order valence-electron chi connectivity index (χ0n) is 11.0. The molecule has 0 amide bonds. The molecule has 0 N–H and O–H groups in total. The van der Waals surface area contributed by atoms with Crippen molar-refractivity contribution in [2.24, 2.45) is 0 Å². The van der Waals surface area contributed by atoms with Gasteiger partial charge < -0.3 is 9.47 Å². The van der Waals surface area contributed by atoms with E-state index in [-0.39, 0.29) is 5.56 Å². The number of ketones is 1. The standard InChI is InChI=1S/C16H12F2O3/c17-13-7-12(8-14(18)9-13)15(19)10-1-3-11(4-2-10)16-20-5-6-21-16/h1-4,7-9,16H,5-6H2. The Bertz CT molecular complexity index is 641. The van der Waals surface area contributed by atoms with E-state index in [1.807, 2.05) is 0 Å². The number of carbonyl (C=O) groups is 1. The van der Waals surface area contributed by atoms with Crippen LogP contribution in [0.1, 0.15) is 27.8 Å². The van der Waals surface area contributed by atoms with Crippen LogP contribution in [0.3, 0.4) is 0 Å². The van der Waals surface area contributed by atoms with E-state index in [4.69, 9.17) is 9.47 Å². The van der Waals surface area contributed by atoms with Crippen molar-refractivity contribution >= 4 is 5.78 Å². The normalized spacial score (nSPS) is 15.3. The summed E-state index contributed by atoms with van der Waals surface area (Å²) >= 11 is 0. The van der Waals surface area contributed by atoms with E-state index in [0.717, 1.165) is 23.8 Å². The van der Waals surface area contributed by atoms with Gasteiger partial charge in [-0.3, -0.25) is 4.79 Å². The van der Waals surface area contributed by atoms with Crippen molar-refractivity contribution in [3.05, 3.63) is 70.8 Å². The molecule has 1 aliphatic heterocycles.